The fraction of sp³-hybridized carbons (Fsp3) is 0.211. The maximum absolute atomic E-state index is 12.8. The Bertz CT molecular complexity index is 1110. The normalized spacial score (nSPS) is 11.3. The first-order valence-corrected chi connectivity index (χ1v) is 9.22. The molecule has 132 valence electrons. The zero-order valence-corrected chi connectivity index (χ0v) is 15.6. The molecule has 4 rings (SSSR count). The van der Waals surface area contributed by atoms with Crippen molar-refractivity contribution in [2.75, 3.05) is 5.75 Å². The Kier molecular flexibility index (Phi) is 4.16. The topological polar surface area (TPSA) is 76.7 Å². The Hall–Kier alpha value is -2.80. The molecule has 4 aromatic rings. The Balaban J connectivity index is 1.56. The lowest BCUT2D eigenvalue weighted by molar-refractivity contribution is 0.102. The number of fused-ring (bicyclic) bond motifs is 1. The van der Waals surface area contributed by atoms with Gasteiger partial charge in [0, 0.05) is 29.2 Å². The first kappa shape index (κ1) is 16.7. The first-order valence-electron chi connectivity index (χ1n) is 8.23. The van der Waals surface area contributed by atoms with Gasteiger partial charge >= 0.3 is 0 Å². The van der Waals surface area contributed by atoms with Gasteiger partial charge in [-0.3, -0.25) is 4.79 Å². The first-order chi connectivity index (χ1) is 12.6. The van der Waals surface area contributed by atoms with Crippen LogP contribution in [-0.2, 0) is 7.05 Å². The van der Waals surface area contributed by atoms with Crippen molar-refractivity contribution in [2.24, 2.45) is 7.05 Å². The number of Topliss-reactive ketones (excluding diaryl/α,β-unsaturated/α-hetero) is 1. The molecule has 0 spiro atoms. The third-order valence-corrected chi connectivity index (χ3v) is 5.46. The van der Waals surface area contributed by atoms with E-state index in [-0.39, 0.29) is 5.78 Å². The van der Waals surface area contributed by atoms with E-state index in [0.717, 1.165) is 39.3 Å². The molecule has 0 bridgehead atoms. The molecule has 0 aliphatic carbocycles. The Morgan fingerprint density at radius 2 is 2.04 bits per heavy atom. The minimum atomic E-state index is 0.0778. The number of aromatic nitrogens is 4. The summed E-state index contributed by atoms with van der Waals surface area (Å²) in [5.74, 6) is 1.91. The van der Waals surface area contributed by atoms with Crippen LogP contribution in [0.1, 0.15) is 21.8 Å². The van der Waals surface area contributed by atoms with Crippen molar-refractivity contribution in [3.8, 4) is 11.4 Å². The van der Waals surface area contributed by atoms with Crippen molar-refractivity contribution in [3.63, 3.8) is 0 Å². The van der Waals surface area contributed by atoms with Crippen LogP contribution in [0.4, 0.5) is 0 Å². The lowest BCUT2D eigenvalue weighted by Crippen LogP contribution is -2.05. The minimum absolute atomic E-state index is 0.0778. The highest BCUT2D eigenvalue weighted by Crippen LogP contribution is 2.28. The fourth-order valence-corrected chi connectivity index (χ4v) is 3.91. The molecule has 0 radical (unpaired) electrons. The monoisotopic (exact) mass is 366 g/mol. The van der Waals surface area contributed by atoms with Crippen molar-refractivity contribution in [1.29, 1.82) is 0 Å². The molecular weight excluding hydrogens is 348 g/mol. The maximum atomic E-state index is 12.8. The molecule has 0 saturated carbocycles. The summed E-state index contributed by atoms with van der Waals surface area (Å²) in [7, 11) is 1.89. The number of hydrogen-bond donors (Lipinski definition) is 1. The lowest BCUT2D eigenvalue weighted by Gasteiger charge is -2.03. The summed E-state index contributed by atoms with van der Waals surface area (Å²) in [4.78, 5) is 16.1. The van der Waals surface area contributed by atoms with Crippen LogP contribution in [-0.4, -0.2) is 31.3 Å². The number of H-pyrrole nitrogens is 1. The summed E-state index contributed by atoms with van der Waals surface area (Å²) in [5.41, 5.74) is 3.53. The van der Waals surface area contributed by atoms with Crippen molar-refractivity contribution >= 4 is 28.4 Å². The van der Waals surface area contributed by atoms with Crippen molar-refractivity contribution < 1.29 is 9.21 Å². The molecule has 6 nitrogen and oxygen atoms in total. The zero-order valence-electron chi connectivity index (χ0n) is 14.7. The number of aromatic amines is 1. The molecule has 0 aliphatic heterocycles. The van der Waals surface area contributed by atoms with Gasteiger partial charge in [0.15, 0.2) is 16.8 Å². The average Bonchev–Trinajstić information content (AvgIpc) is 3.29. The predicted octanol–water partition coefficient (Wildman–Crippen LogP) is 4.15. The van der Waals surface area contributed by atoms with Gasteiger partial charge in [-0.1, -0.05) is 30.0 Å². The van der Waals surface area contributed by atoms with Crippen LogP contribution in [0.15, 0.2) is 46.2 Å². The number of aryl methyl sites for hydroxylation is 2. The second-order valence-corrected chi connectivity index (χ2v) is 7.08. The van der Waals surface area contributed by atoms with Gasteiger partial charge in [0.1, 0.15) is 5.76 Å². The van der Waals surface area contributed by atoms with Crippen molar-refractivity contribution in [3.05, 3.63) is 53.6 Å². The summed E-state index contributed by atoms with van der Waals surface area (Å²) >= 11 is 1.39. The molecular formula is C19H18N4O2S. The summed E-state index contributed by atoms with van der Waals surface area (Å²) in [6, 6.07) is 9.73. The van der Waals surface area contributed by atoms with Crippen LogP contribution in [0.5, 0.6) is 0 Å². The number of ketones is 1. The van der Waals surface area contributed by atoms with Crippen LogP contribution in [0, 0.1) is 13.8 Å². The van der Waals surface area contributed by atoms with Crippen LogP contribution in [0.25, 0.3) is 22.3 Å². The second kappa shape index (κ2) is 6.49. The van der Waals surface area contributed by atoms with Gasteiger partial charge in [-0.2, -0.15) is 0 Å². The number of furan rings is 1. The standard InChI is InChI=1S/C19H18N4O2S/c1-11-17(14-6-4-5-7-15(14)20-11)16(24)10-26-19-22-21-18(23(19)3)13-8-9-25-12(13)2/h4-9,20H,10H2,1-3H3. The third kappa shape index (κ3) is 2.74. The molecule has 0 unspecified atom stereocenters. The highest BCUT2D eigenvalue weighted by atomic mass is 32.2. The number of benzene rings is 1. The molecule has 0 amide bonds. The van der Waals surface area contributed by atoms with Crippen molar-refractivity contribution in [2.45, 2.75) is 19.0 Å². The fourth-order valence-electron chi connectivity index (χ4n) is 3.13. The van der Waals surface area contributed by atoms with E-state index < -0.39 is 0 Å². The number of nitrogens with one attached hydrogen (secondary N) is 1. The van der Waals surface area contributed by atoms with Gasteiger partial charge in [0.2, 0.25) is 0 Å². The molecule has 3 aromatic heterocycles. The molecule has 0 aliphatic rings. The van der Waals surface area contributed by atoms with E-state index in [2.05, 4.69) is 15.2 Å². The number of nitrogens with zero attached hydrogens (tertiary/aromatic N) is 3. The van der Waals surface area contributed by atoms with E-state index in [1.54, 1.807) is 6.26 Å². The predicted molar refractivity (Wildman–Crippen MR) is 102 cm³/mol. The third-order valence-electron chi connectivity index (χ3n) is 4.44. The quantitative estimate of drug-likeness (QED) is 0.424. The lowest BCUT2D eigenvalue weighted by atomic mass is 10.1. The number of para-hydroxylation sites is 1. The van der Waals surface area contributed by atoms with Crippen LogP contribution in [0.2, 0.25) is 0 Å². The zero-order chi connectivity index (χ0) is 18.3. The average molecular weight is 366 g/mol. The van der Waals surface area contributed by atoms with E-state index >= 15 is 0 Å². The molecule has 1 N–H and O–H groups in total. The molecule has 0 atom stereocenters. The van der Waals surface area contributed by atoms with E-state index in [1.807, 2.05) is 55.8 Å². The highest BCUT2D eigenvalue weighted by molar-refractivity contribution is 7.99. The van der Waals surface area contributed by atoms with Crippen molar-refractivity contribution in [1.82, 2.24) is 19.7 Å². The van der Waals surface area contributed by atoms with Gasteiger partial charge in [-0.25, -0.2) is 0 Å². The van der Waals surface area contributed by atoms with Crippen LogP contribution in [0.3, 0.4) is 0 Å². The van der Waals surface area contributed by atoms with E-state index in [0.29, 0.717) is 10.9 Å². The smallest absolute Gasteiger partial charge is 0.191 e. The molecule has 0 saturated heterocycles. The number of thioether (sulfide) groups is 1. The molecule has 3 heterocycles. The number of rotatable bonds is 5. The molecule has 26 heavy (non-hydrogen) atoms. The summed E-state index contributed by atoms with van der Waals surface area (Å²) in [6.07, 6.45) is 1.63. The maximum Gasteiger partial charge on any atom is 0.191 e. The summed E-state index contributed by atoms with van der Waals surface area (Å²) < 4.78 is 7.23. The highest BCUT2D eigenvalue weighted by Gasteiger charge is 2.19. The van der Waals surface area contributed by atoms with E-state index in [4.69, 9.17) is 4.42 Å². The number of hydrogen-bond acceptors (Lipinski definition) is 5. The summed E-state index contributed by atoms with van der Waals surface area (Å²) in [6.45, 7) is 3.82. The summed E-state index contributed by atoms with van der Waals surface area (Å²) in [5, 5.41) is 10.1. The molecule has 7 heteroatoms. The Labute approximate surface area is 154 Å². The Morgan fingerprint density at radius 1 is 1.23 bits per heavy atom. The van der Waals surface area contributed by atoms with Gasteiger partial charge in [0.25, 0.3) is 0 Å². The van der Waals surface area contributed by atoms with Gasteiger partial charge < -0.3 is 14.0 Å². The number of carbonyl (C=O) groups is 1. The number of carbonyl (C=O) groups excluding carboxylic acids is 1. The van der Waals surface area contributed by atoms with E-state index in [9.17, 15) is 4.79 Å². The molecule has 0 fully saturated rings. The van der Waals surface area contributed by atoms with Gasteiger partial charge in [-0.05, 0) is 26.0 Å². The second-order valence-electron chi connectivity index (χ2n) is 6.14. The van der Waals surface area contributed by atoms with Gasteiger partial charge in [0.05, 0.1) is 17.6 Å². The van der Waals surface area contributed by atoms with E-state index in [1.165, 1.54) is 11.8 Å². The SMILES string of the molecule is Cc1[nH]c2ccccc2c1C(=O)CSc1nnc(-c2ccoc2C)n1C. The Morgan fingerprint density at radius 3 is 2.81 bits per heavy atom. The largest absolute Gasteiger partial charge is 0.469 e. The molecule has 1 aromatic carbocycles. The van der Waals surface area contributed by atoms with Gasteiger partial charge in [-0.15, -0.1) is 10.2 Å². The van der Waals surface area contributed by atoms with Crippen LogP contribution < -0.4 is 0 Å². The minimum Gasteiger partial charge on any atom is -0.469 e. The van der Waals surface area contributed by atoms with Crippen LogP contribution >= 0.6 is 11.8 Å².